The average molecular weight is 392 g/mol. The van der Waals surface area contributed by atoms with Crippen LogP contribution in [0.2, 0.25) is 0 Å². The third-order valence-corrected chi connectivity index (χ3v) is 4.82. The van der Waals surface area contributed by atoms with E-state index in [1.54, 1.807) is 7.11 Å². The van der Waals surface area contributed by atoms with Crippen molar-refractivity contribution < 1.29 is 9.47 Å². The molecule has 1 saturated heterocycles. The lowest BCUT2D eigenvalue weighted by Crippen LogP contribution is -2.50. The molecule has 158 valence electrons. The monoisotopic (exact) mass is 391 g/mol. The van der Waals surface area contributed by atoms with Crippen LogP contribution in [-0.4, -0.2) is 68.4 Å². The van der Waals surface area contributed by atoms with Gasteiger partial charge in [-0.1, -0.05) is 13.8 Å². The van der Waals surface area contributed by atoms with E-state index in [1.165, 1.54) is 0 Å². The van der Waals surface area contributed by atoms with Crippen LogP contribution < -0.4 is 15.4 Å². The topological polar surface area (TPSA) is 71.0 Å². The summed E-state index contributed by atoms with van der Waals surface area (Å²) >= 11 is 0. The fraction of sp³-hybridized carbons (Fsp3) is 0.714. The molecule has 1 aromatic rings. The van der Waals surface area contributed by atoms with E-state index < -0.39 is 0 Å². The summed E-state index contributed by atoms with van der Waals surface area (Å²) in [6.45, 7) is 16.6. The summed E-state index contributed by atoms with van der Waals surface area (Å²) in [7, 11) is 1.70. The van der Waals surface area contributed by atoms with E-state index in [0.29, 0.717) is 12.5 Å². The first-order valence-electron chi connectivity index (χ1n) is 10.3. The Morgan fingerprint density at radius 1 is 1.39 bits per heavy atom. The highest BCUT2D eigenvalue weighted by Gasteiger charge is 2.21. The summed E-state index contributed by atoms with van der Waals surface area (Å²) in [5, 5.41) is 6.73. The average Bonchev–Trinajstić information content (AvgIpc) is 2.65. The summed E-state index contributed by atoms with van der Waals surface area (Å²) in [6.07, 6.45) is 2.02. The minimum absolute atomic E-state index is 0.177. The molecule has 1 unspecified atom stereocenters. The molecule has 0 radical (unpaired) electrons. The van der Waals surface area contributed by atoms with E-state index >= 15 is 0 Å². The number of ether oxygens (including phenoxy) is 2. The number of nitrogens with one attached hydrogen (secondary N) is 2. The van der Waals surface area contributed by atoms with Gasteiger partial charge in [-0.2, -0.15) is 0 Å². The number of hydrogen-bond donors (Lipinski definition) is 2. The van der Waals surface area contributed by atoms with Crippen LogP contribution >= 0.6 is 0 Å². The quantitative estimate of drug-likeness (QED) is 0.522. The number of methoxy groups -OCH3 is 1. The van der Waals surface area contributed by atoms with Crippen molar-refractivity contribution in [3.05, 3.63) is 23.0 Å². The predicted octanol–water partition coefficient (Wildman–Crippen LogP) is 2.12. The summed E-state index contributed by atoms with van der Waals surface area (Å²) < 4.78 is 11.4. The van der Waals surface area contributed by atoms with Crippen molar-refractivity contribution in [1.29, 1.82) is 0 Å². The Balaban J connectivity index is 1.95. The normalized spacial score (nSPS) is 18.4. The van der Waals surface area contributed by atoms with E-state index in [-0.39, 0.29) is 6.10 Å². The Kier molecular flexibility index (Phi) is 8.99. The van der Waals surface area contributed by atoms with Gasteiger partial charge in [-0.3, -0.25) is 9.88 Å². The van der Waals surface area contributed by atoms with Gasteiger partial charge in [0.05, 0.1) is 32.1 Å². The summed E-state index contributed by atoms with van der Waals surface area (Å²) in [5.41, 5.74) is 3.01. The van der Waals surface area contributed by atoms with Crippen LogP contribution in [-0.2, 0) is 11.3 Å². The third kappa shape index (κ3) is 6.63. The minimum atomic E-state index is 0.177. The number of pyridine rings is 1. The second-order valence-corrected chi connectivity index (χ2v) is 7.77. The highest BCUT2D eigenvalue weighted by Crippen LogP contribution is 2.24. The van der Waals surface area contributed by atoms with E-state index in [4.69, 9.17) is 14.5 Å². The molecular formula is C21H37N5O2. The van der Waals surface area contributed by atoms with Gasteiger partial charge in [0.2, 0.25) is 0 Å². The van der Waals surface area contributed by atoms with Crippen molar-refractivity contribution in [3.8, 4) is 5.75 Å². The molecule has 7 nitrogen and oxygen atoms in total. The molecule has 1 aliphatic heterocycles. The zero-order valence-electron chi connectivity index (χ0n) is 18.3. The molecule has 0 spiro atoms. The van der Waals surface area contributed by atoms with Gasteiger partial charge in [-0.25, -0.2) is 4.99 Å². The van der Waals surface area contributed by atoms with Crippen LogP contribution in [0.4, 0.5) is 0 Å². The molecule has 1 aliphatic rings. The maximum Gasteiger partial charge on any atom is 0.191 e. The second-order valence-electron chi connectivity index (χ2n) is 7.77. The molecule has 1 aromatic heterocycles. The van der Waals surface area contributed by atoms with Gasteiger partial charge in [-0.05, 0) is 26.7 Å². The largest absolute Gasteiger partial charge is 0.496 e. The summed E-state index contributed by atoms with van der Waals surface area (Å²) in [4.78, 5) is 11.7. The van der Waals surface area contributed by atoms with E-state index in [2.05, 4.69) is 41.3 Å². The van der Waals surface area contributed by atoms with Crippen molar-refractivity contribution in [2.45, 2.75) is 47.3 Å². The van der Waals surface area contributed by atoms with Gasteiger partial charge < -0.3 is 20.1 Å². The molecule has 2 rings (SSSR count). The second kappa shape index (κ2) is 11.2. The Hall–Kier alpha value is -1.86. The molecule has 0 bridgehead atoms. The van der Waals surface area contributed by atoms with Gasteiger partial charge in [-0.15, -0.1) is 0 Å². The Morgan fingerprint density at radius 2 is 2.18 bits per heavy atom. The summed E-state index contributed by atoms with van der Waals surface area (Å²) in [5.74, 6) is 2.35. The minimum Gasteiger partial charge on any atom is -0.496 e. The molecule has 2 N–H and O–H groups in total. The van der Waals surface area contributed by atoms with Gasteiger partial charge in [0, 0.05) is 50.0 Å². The van der Waals surface area contributed by atoms with Crippen molar-refractivity contribution >= 4 is 5.96 Å². The highest BCUT2D eigenvalue weighted by atomic mass is 16.5. The molecule has 28 heavy (non-hydrogen) atoms. The van der Waals surface area contributed by atoms with Crippen molar-refractivity contribution in [3.63, 3.8) is 0 Å². The van der Waals surface area contributed by atoms with Crippen LogP contribution in [0.3, 0.4) is 0 Å². The number of rotatable bonds is 8. The molecule has 0 aromatic carbocycles. The molecule has 0 aliphatic carbocycles. The number of nitrogens with zero attached hydrogens (tertiary/aromatic N) is 3. The number of hydrogen-bond acceptors (Lipinski definition) is 5. The molecular weight excluding hydrogens is 354 g/mol. The zero-order valence-corrected chi connectivity index (χ0v) is 18.3. The lowest BCUT2D eigenvalue weighted by molar-refractivity contribution is -0.0284. The van der Waals surface area contributed by atoms with Crippen LogP contribution in [0.25, 0.3) is 0 Å². The number of aromatic nitrogens is 1. The smallest absolute Gasteiger partial charge is 0.191 e. The maximum atomic E-state index is 5.93. The fourth-order valence-electron chi connectivity index (χ4n) is 3.52. The number of aliphatic imine (C=N–C) groups is 1. The predicted molar refractivity (Wildman–Crippen MR) is 114 cm³/mol. The first-order valence-corrected chi connectivity index (χ1v) is 10.3. The van der Waals surface area contributed by atoms with Crippen molar-refractivity contribution in [2.75, 3.05) is 46.4 Å². The van der Waals surface area contributed by atoms with E-state index in [9.17, 15) is 0 Å². The SMILES string of the molecule is CCNC(=NCc1ncc(C)c(OC)c1C)NCC1CN(CC(C)C)CCO1. The van der Waals surface area contributed by atoms with Gasteiger partial charge in [0.1, 0.15) is 5.75 Å². The summed E-state index contributed by atoms with van der Waals surface area (Å²) in [6, 6.07) is 0. The molecule has 1 atom stereocenters. The first kappa shape index (κ1) is 22.4. The zero-order chi connectivity index (χ0) is 20.5. The van der Waals surface area contributed by atoms with Gasteiger partial charge >= 0.3 is 0 Å². The van der Waals surface area contributed by atoms with Crippen LogP contribution in [0, 0.1) is 19.8 Å². The molecule has 7 heteroatoms. The van der Waals surface area contributed by atoms with Gasteiger partial charge in [0.15, 0.2) is 5.96 Å². The third-order valence-electron chi connectivity index (χ3n) is 4.82. The molecule has 1 fully saturated rings. The Bertz CT molecular complexity index is 648. The first-order chi connectivity index (χ1) is 13.4. The molecule has 2 heterocycles. The Morgan fingerprint density at radius 3 is 2.86 bits per heavy atom. The fourth-order valence-corrected chi connectivity index (χ4v) is 3.52. The van der Waals surface area contributed by atoms with E-state index in [0.717, 1.165) is 67.9 Å². The lowest BCUT2D eigenvalue weighted by atomic mass is 10.1. The number of morpholine rings is 1. The maximum absolute atomic E-state index is 5.93. The Labute approximate surface area is 169 Å². The van der Waals surface area contributed by atoms with Crippen molar-refractivity contribution in [2.24, 2.45) is 10.9 Å². The molecule has 0 saturated carbocycles. The van der Waals surface area contributed by atoms with Crippen LogP contribution in [0.5, 0.6) is 5.75 Å². The number of guanidine groups is 1. The van der Waals surface area contributed by atoms with Crippen molar-refractivity contribution in [1.82, 2.24) is 20.5 Å². The van der Waals surface area contributed by atoms with Gasteiger partial charge in [0.25, 0.3) is 0 Å². The highest BCUT2D eigenvalue weighted by molar-refractivity contribution is 5.79. The number of aryl methyl sites for hydroxylation is 1. The van der Waals surface area contributed by atoms with Crippen LogP contribution in [0.15, 0.2) is 11.2 Å². The standard InChI is InChI=1S/C21H37N5O2/c1-7-22-21(24-11-18-14-26(8-9-28-18)13-15(2)3)25-12-19-17(5)20(27-6)16(4)10-23-19/h10,15,18H,7-9,11-14H2,1-6H3,(H2,22,24,25). The van der Waals surface area contributed by atoms with E-state index in [1.807, 2.05) is 20.0 Å². The van der Waals surface area contributed by atoms with Crippen LogP contribution in [0.1, 0.15) is 37.6 Å². The molecule has 0 amide bonds. The lowest BCUT2D eigenvalue weighted by Gasteiger charge is -2.34.